The number of nitrogens with one attached hydrogen (secondary N) is 1. The minimum atomic E-state index is 0.707. The second-order valence-corrected chi connectivity index (χ2v) is 4.49. The van der Waals surface area contributed by atoms with Crippen molar-refractivity contribution in [2.24, 2.45) is 0 Å². The Kier molecular flexibility index (Phi) is 5.24. The Morgan fingerprint density at radius 1 is 1.22 bits per heavy atom. The van der Waals surface area contributed by atoms with Crippen LogP contribution >= 0.6 is 0 Å². The Morgan fingerprint density at radius 3 is 2.72 bits per heavy atom. The lowest BCUT2D eigenvalue weighted by molar-refractivity contribution is 0.202. The Balaban J connectivity index is 1.80. The van der Waals surface area contributed by atoms with Gasteiger partial charge < -0.3 is 14.8 Å². The summed E-state index contributed by atoms with van der Waals surface area (Å²) >= 11 is 0. The standard InChI is InChI=1S/C15H21NO2/c1-17-11-8-13-2-4-15(5-3-13)18-12-14-6-9-16-10-7-14/h2-6,16H,7-12H2,1H3. The highest BCUT2D eigenvalue weighted by Crippen LogP contribution is 2.14. The van der Waals surface area contributed by atoms with Crippen LogP contribution in [0.1, 0.15) is 12.0 Å². The monoisotopic (exact) mass is 247 g/mol. The first-order valence-electron chi connectivity index (χ1n) is 6.48. The Hall–Kier alpha value is -1.32. The summed E-state index contributed by atoms with van der Waals surface area (Å²) in [5.41, 5.74) is 2.67. The van der Waals surface area contributed by atoms with Crippen LogP contribution in [-0.4, -0.2) is 33.4 Å². The molecule has 1 heterocycles. The zero-order chi connectivity index (χ0) is 12.6. The number of rotatable bonds is 6. The molecule has 0 aliphatic carbocycles. The Labute approximate surface area is 109 Å². The van der Waals surface area contributed by atoms with Crippen molar-refractivity contribution in [2.75, 3.05) is 33.4 Å². The third-order valence-electron chi connectivity index (χ3n) is 3.10. The maximum Gasteiger partial charge on any atom is 0.119 e. The lowest BCUT2D eigenvalue weighted by Gasteiger charge is -2.14. The van der Waals surface area contributed by atoms with E-state index in [4.69, 9.17) is 9.47 Å². The van der Waals surface area contributed by atoms with Crippen molar-refractivity contribution in [3.8, 4) is 5.75 Å². The van der Waals surface area contributed by atoms with Crippen molar-refractivity contribution in [1.29, 1.82) is 0 Å². The van der Waals surface area contributed by atoms with Crippen LogP contribution in [-0.2, 0) is 11.2 Å². The highest BCUT2D eigenvalue weighted by Gasteiger charge is 2.03. The molecule has 98 valence electrons. The molecule has 1 aliphatic heterocycles. The quantitative estimate of drug-likeness (QED) is 0.782. The zero-order valence-electron chi connectivity index (χ0n) is 10.9. The molecule has 3 heteroatoms. The molecule has 0 unspecified atom stereocenters. The molecule has 0 saturated carbocycles. The zero-order valence-corrected chi connectivity index (χ0v) is 10.9. The van der Waals surface area contributed by atoms with Crippen LogP contribution in [0, 0.1) is 0 Å². The van der Waals surface area contributed by atoms with Crippen molar-refractivity contribution < 1.29 is 9.47 Å². The first-order chi connectivity index (χ1) is 8.88. The minimum absolute atomic E-state index is 0.707. The molecule has 0 saturated heterocycles. The highest BCUT2D eigenvalue weighted by molar-refractivity contribution is 5.28. The Morgan fingerprint density at radius 2 is 2.06 bits per heavy atom. The SMILES string of the molecule is COCCc1ccc(OCC2=CCNCC2)cc1. The molecule has 0 atom stereocenters. The van der Waals surface area contributed by atoms with Crippen molar-refractivity contribution in [2.45, 2.75) is 12.8 Å². The third kappa shape index (κ3) is 4.17. The molecule has 2 rings (SSSR count). The number of ether oxygens (including phenoxy) is 2. The maximum absolute atomic E-state index is 5.78. The molecule has 0 fully saturated rings. The van der Waals surface area contributed by atoms with Gasteiger partial charge in [0.25, 0.3) is 0 Å². The first kappa shape index (κ1) is 13.1. The van der Waals surface area contributed by atoms with E-state index in [1.807, 2.05) is 12.1 Å². The van der Waals surface area contributed by atoms with Crippen LogP contribution in [0.5, 0.6) is 5.75 Å². The average molecular weight is 247 g/mol. The smallest absolute Gasteiger partial charge is 0.119 e. The number of hydrogen-bond donors (Lipinski definition) is 1. The summed E-state index contributed by atoms with van der Waals surface area (Å²) in [5, 5.41) is 3.30. The normalized spacial score (nSPS) is 15.3. The van der Waals surface area contributed by atoms with Gasteiger partial charge in [-0.25, -0.2) is 0 Å². The van der Waals surface area contributed by atoms with E-state index in [0.29, 0.717) is 6.61 Å². The van der Waals surface area contributed by atoms with Gasteiger partial charge in [-0.2, -0.15) is 0 Å². The fourth-order valence-corrected chi connectivity index (χ4v) is 1.95. The highest BCUT2D eigenvalue weighted by atomic mass is 16.5. The number of benzene rings is 1. The van der Waals surface area contributed by atoms with E-state index in [-0.39, 0.29) is 0 Å². The van der Waals surface area contributed by atoms with E-state index in [0.717, 1.165) is 38.3 Å². The van der Waals surface area contributed by atoms with Gasteiger partial charge in [-0.05, 0) is 42.7 Å². The number of methoxy groups -OCH3 is 1. The van der Waals surface area contributed by atoms with Gasteiger partial charge in [0.05, 0.1) is 6.61 Å². The van der Waals surface area contributed by atoms with Gasteiger partial charge in [0.2, 0.25) is 0 Å². The van der Waals surface area contributed by atoms with Crippen molar-refractivity contribution in [3.63, 3.8) is 0 Å². The van der Waals surface area contributed by atoms with Crippen LogP contribution in [0.2, 0.25) is 0 Å². The largest absolute Gasteiger partial charge is 0.489 e. The summed E-state index contributed by atoms with van der Waals surface area (Å²) in [6, 6.07) is 8.27. The van der Waals surface area contributed by atoms with E-state index in [1.54, 1.807) is 7.11 Å². The molecule has 0 aromatic heterocycles. The van der Waals surface area contributed by atoms with Gasteiger partial charge in [-0.1, -0.05) is 18.2 Å². The third-order valence-corrected chi connectivity index (χ3v) is 3.10. The molecule has 1 aromatic carbocycles. The molecule has 1 aliphatic rings. The molecule has 1 N–H and O–H groups in total. The van der Waals surface area contributed by atoms with Gasteiger partial charge in [0, 0.05) is 13.7 Å². The molecular formula is C15H21NO2. The first-order valence-corrected chi connectivity index (χ1v) is 6.48. The minimum Gasteiger partial charge on any atom is -0.489 e. The second-order valence-electron chi connectivity index (χ2n) is 4.49. The van der Waals surface area contributed by atoms with Crippen LogP contribution < -0.4 is 10.1 Å². The summed E-state index contributed by atoms with van der Waals surface area (Å²) in [6.45, 7) is 3.50. The van der Waals surface area contributed by atoms with Crippen LogP contribution in [0.4, 0.5) is 0 Å². The lowest BCUT2D eigenvalue weighted by atomic mass is 10.1. The average Bonchev–Trinajstić information content (AvgIpc) is 2.45. The fraction of sp³-hybridized carbons (Fsp3) is 0.467. The second kappa shape index (κ2) is 7.19. The summed E-state index contributed by atoms with van der Waals surface area (Å²) < 4.78 is 10.8. The van der Waals surface area contributed by atoms with Crippen LogP contribution in [0.15, 0.2) is 35.9 Å². The van der Waals surface area contributed by atoms with Gasteiger partial charge in [-0.15, -0.1) is 0 Å². The van der Waals surface area contributed by atoms with Crippen molar-refractivity contribution >= 4 is 0 Å². The fourth-order valence-electron chi connectivity index (χ4n) is 1.95. The van der Waals surface area contributed by atoms with Crippen LogP contribution in [0.25, 0.3) is 0 Å². The van der Waals surface area contributed by atoms with Gasteiger partial charge in [0.15, 0.2) is 0 Å². The topological polar surface area (TPSA) is 30.5 Å². The molecule has 1 aromatic rings. The molecule has 0 amide bonds. The van der Waals surface area contributed by atoms with Gasteiger partial charge in [0.1, 0.15) is 12.4 Å². The van der Waals surface area contributed by atoms with E-state index in [2.05, 4.69) is 23.5 Å². The van der Waals surface area contributed by atoms with Gasteiger partial charge >= 0.3 is 0 Å². The lowest BCUT2D eigenvalue weighted by Crippen LogP contribution is -2.22. The number of hydrogen-bond acceptors (Lipinski definition) is 3. The summed E-state index contributed by atoms with van der Waals surface area (Å²) in [6.07, 6.45) is 4.26. The molecule has 0 spiro atoms. The summed E-state index contributed by atoms with van der Waals surface area (Å²) in [7, 11) is 1.73. The summed E-state index contributed by atoms with van der Waals surface area (Å²) in [5.74, 6) is 0.940. The molecule has 3 nitrogen and oxygen atoms in total. The molecule has 0 bridgehead atoms. The summed E-state index contributed by atoms with van der Waals surface area (Å²) in [4.78, 5) is 0. The van der Waals surface area contributed by atoms with Crippen molar-refractivity contribution in [1.82, 2.24) is 5.32 Å². The molecule has 0 radical (unpaired) electrons. The van der Waals surface area contributed by atoms with E-state index in [1.165, 1.54) is 11.1 Å². The van der Waals surface area contributed by atoms with Crippen LogP contribution in [0.3, 0.4) is 0 Å². The molecule has 18 heavy (non-hydrogen) atoms. The van der Waals surface area contributed by atoms with E-state index < -0.39 is 0 Å². The predicted octanol–water partition coefficient (Wildman–Crippen LogP) is 2.17. The van der Waals surface area contributed by atoms with E-state index in [9.17, 15) is 0 Å². The Bertz CT molecular complexity index is 384. The molecular weight excluding hydrogens is 226 g/mol. The maximum atomic E-state index is 5.78. The van der Waals surface area contributed by atoms with Crippen molar-refractivity contribution in [3.05, 3.63) is 41.5 Å². The predicted molar refractivity (Wildman–Crippen MR) is 73.1 cm³/mol. The van der Waals surface area contributed by atoms with Gasteiger partial charge in [-0.3, -0.25) is 0 Å². The van der Waals surface area contributed by atoms with E-state index >= 15 is 0 Å².